The summed E-state index contributed by atoms with van der Waals surface area (Å²) in [5.74, 6) is 1.08. The second kappa shape index (κ2) is 5.55. The predicted octanol–water partition coefficient (Wildman–Crippen LogP) is 5.21. The third-order valence-corrected chi connectivity index (χ3v) is 5.57. The van der Waals surface area contributed by atoms with E-state index in [1.807, 2.05) is 18.2 Å². The summed E-state index contributed by atoms with van der Waals surface area (Å²) in [4.78, 5) is 4.91. The summed E-state index contributed by atoms with van der Waals surface area (Å²) in [6.45, 7) is 0. The van der Waals surface area contributed by atoms with E-state index in [0.29, 0.717) is 10.0 Å². The summed E-state index contributed by atoms with van der Waals surface area (Å²) in [5.41, 5.74) is 0.934. The largest absolute Gasteiger partial charge is 0.333 e. The van der Waals surface area contributed by atoms with Gasteiger partial charge in [0.15, 0.2) is 5.17 Å². The highest BCUT2D eigenvalue weighted by atomic mass is 35.5. The molecule has 19 heavy (non-hydrogen) atoms. The van der Waals surface area contributed by atoms with Gasteiger partial charge in [0.05, 0.1) is 21.3 Å². The van der Waals surface area contributed by atoms with Crippen molar-refractivity contribution >= 4 is 45.8 Å². The van der Waals surface area contributed by atoms with E-state index < -0.39 is 0 Å². The first-order valence-electron chi connectivity index (χ1n) is 6.62. The normalized spacial score (nSPS) is 21.5. The number of aliphatic imine (C=N–C) groups is 1. The van der Waals surface area contributed by atoms with Gasteiger partial charge in [-0.1, -0.05) is 60.3 Å². The van der Waals surface area contributed by atoms with Crippen molar-refractivity contribution < 1.29 is 0 Å². The molecular formula is C14H16Cl2N2S. The first-order valence-corrected chi connectivity index (χ1v) is 8.36. The lowest BCUT2D eigenvalue weighted by molar-refractivity contribution is 0.335. The second-order valence-corrected chi connectivity index (χ2v) is 6.99. The van der Waals surface area contributed by atoms with Gasteiger partial charge in [0.2, 0.25) is 0 Å². The molecule has 0 saturated heterocycles. The predicted molar refractivity (Wildman–Crippen MR) is 85.8 cm³/mol. The zero-order valence-corrected chi connectivity index (χ0v) is 12.9. The zero-order valence-electron chi connectivity index (χ0n) is 10.6. The molecule has 5 heteroatoms. The molecule has 1 heterocycles. The number of thioether (sulfide) groups is 1. The Morgan fingerprint density at radius 3 is 2.47 bits per heavy atom. The Kier molecular flexibility index (Phi) is 3.97. The molecule has 1 saturated carbocycles. The minimum Gasteiger partial charge on any atom is -0.333 e. The Balaban J connectivity index is 1.79. The van der Waals surface area contributed by atoms with Gasteiger partial charge in [0.1, 0.15) is 0 Å². The van der Waals surface area contributed by atoms with Crippen LogP contribution in [0.25, 0.3) is 0 Å². The standard InChI is InChI=1S/C14H16Cl2N2S/c15-10-5-4-6-11(16)12(10)17-13-18-14(9-19-13)7-2-1-3-8-14/h4-6H,1-3,7-9H2,(H,17,18). The van der Waals surface area contributed by atoms with Gasteiger partial charge < -0.3 is 5.32 Å². The Hall–Kier alpha value is -0.380. The van der Waals surface area contributed by atoms with Crippen molar-refractivity contribution in [3.05, 3.63) is 28.2 Å². The highest BCUT2D eigenvalue weighted by molar-refractivity contribution is 8.14. The Labute approximate surface area is 128 Å². The molecule has 1 aliphatic heterocycles. The first-order chi connectivity index (χ1) is 9.19. The van der Waals surface area contributed by atoms with Crippen LogP contribution in [0.3, 0.4) is 0 Å². The minimum absolute atomic E-state index is 0.166. The number of benzene rings is 1. The second-order valence-electron chi connectivity index (χ2n) is 5.21. The van der Waals surface area contributed by atoms with E-state index in [0.717, 1.165) is 16.6 Å². The Morgan fingerprint density at radius 2 is 1.79 bits per heavy atom. The zero-order chi connectivity index (χ0) is 13.3. The summed E-state index contributed by atoms with van der Waals surface area (Å²) in [6.07, 6.45) is 6.36. The van der Waals surface area contributed by atoms with Crippen molar-refractivity contribution in [2.24, 2.45) is 4.99 Å². The molecule has 1 N–H and O–H groups in total. The first kappa shape index (κ1) is 13.6. The van der Waals surface area contributed by atoms with Gasteiger partial charge >= 0.3 is 0 Å². The fourth-order valence-electron chi connectivity index (χ4n) is 2.74. The third kappa shape index (κ3) is 2.88. The van der Waals surface area contributed by atoms with E-state index in [1.54, 1.807) is 11.8 Å². The number of para-hydroxylation sites is 1. The molecule has 0 amide bonds. The molecule has 0 radical (unpaired) electrons. The lowest BCUT2D eigenvalue weighted by atomic mass is 9.84. The van der Waals surface area contributed by atoms with Crippen molar-refractivity contribution in [2.45, 2.75) is 37.6 Å². The Bertz CT molecular complexity index is 490. The molecule has 0 unspecified atom stereocenters. The van der Waals surface area contributed by atoms with Crippen LogP contribution in [0.5, 0.6) is 0 Å². The van der Waals surface area contributed by atoms with Crippen LogP contribution in [0.15, 0.2) is 23.2 Å². The molecule has 3 rings (SSSR count). The molecule has 2 nitrogen and oxygen atoms in total. The number of nitrogens with zero attached hydrogens (tertiary/aromatic N) is 1. The van der Waals surface area contributed by atoms with Crippen LogP contribution in [0.4, 0.5) is 5.69 Å². The van der Waals surface area contributed by atoms with E-state index in [2.05, 4.69) is 5.32 Å². The maximum absolute atomic E-state index is 6.17. The smallest absolute Gasteiger partial charge is 0.161 e. The molecule has 1 aliphatic carbocycles. The maximum atomic E-state index is 6.17. The summed E-state index contributed by atoms with van der Waals surface area (Å²) < 4.78 is 0. The molecule has 1 aromatic carbocycles. The number of halogens is 2. The van der Waals surface area contributed by atoms with Gasteiger partial charge in [-0.2, -0.15) is 0 Å². The summed E-state index contributed by atoms with van der Waals surface area (Å²) in [6, 6.07) is 5.53. The maximum Gasteiger partial charge on any atom is 0.161 e. The number of hydrogen-bond acceptors (Lipinski definition) is 3. The van der Waals surface area contributed by atoms with Crippen molar-refractivity contribution in [1.82, 2.24) is 0 Å². The highest BCUT2D eigenvalue weighted by Crippen LogP contribution is 2.41. The number of rotatable bonds is 1. The van der Waals surface area contributed by atoms with Crippen LogP contribution in [0, 0.1) is 0 Å². The van der Waals surface area contributed by atoms with Crippen molar-refractivity contribution in [3.8, 4) is 0 Å². The van der Waals surface area contributed by atoms with Crippen LogP contribution in [-0.2, 0) is 0 Å². The number of hydrogen-bond donors (Lipinski definition) is 1. The summed E-state index contributed by atoms with van der Waals surface area (Å²) in [5, 5.41) is 5.53. The van der Waals surface area contributed by atoms with Crippen molar-refractivity contribution in [1.29, 1.82) is 0 Å². The van der Waals surface area contributed by atoms with E-state index in [1.165, 1.54) is 32.1 Å². The quantitative estimate of drug-likeness (QED) is 0.769. The van der Waals surface area contributed by atoms with E-state index in [9.17, 15) is 0 Å². The average Bonchev–Trinajstić information content (AvgIpc) is 2.78. The molecule has 1 aromatic rings. The van der Waals surface area contributed by atoms with Crippen LogP contribution in [-0.4, -0.2) is 16.5 Å². The van der Waals surface area contributed by atoms with Crippen molar-refractivity contribution in [3.63, 3.8) is 0 Å². The van der Waals surface area contributed by atoms with Gasteiger partial charge in [0, 0.05) is 5.75 Å². The van der Waals surface area contributed by atoms with E-state index >= 15 is 0 Å². The topological polar surface area (TPSA) is 24.4 Å². The average molecular weight is 315 g/mol. The van der Waals surface area contributed by atoms with E-state index in [-0.39, 0.29) is 5.54 Å². The monoisotopic (exact) mass is 314 g/mol. The van der Waals surface area contributed by atoms with E-state index in [4.69, 9.17) is 28.2 Å². The molecular weight excluding hydrogens is 299 g/mol. The van der Waals surface area contributed by atoms with Crippen LogP contribution in [0.1, 0.15) is 32.1 Å². The van der Waals surface area contributed by atoms with Gasteiger partial charge in [0.25, 0.3) is 0 Å². The summed E-state index contributed by atoms with van der Waals surface area (Å²) >= 11 is 14.1. The van der Waals surface area contributed by atoms with Gasteiger partial charge in [-0.05, 0) is 25.0 Å². The fraction of sp³-hybridized carbons (Fsp3) is 0.500. The molecule has 0 aromatic heterocycles. The lowest BCUT2D eigenvalue weighted by Crippen LogP contribution is -2.29. The van der Waals surface area contributed by atoms with Crippen LogP contribution in [0.2, 0.25) is 10.0 Å². The number of nitrogens with one attached hydrogen (secondary N) is 1. The molecule has 0 atom stereocenters. The van der Waals surface area contributed by atoms with Gasteiger partial charge in [-0.15, -0.1) is 0 Å². The third-order valence-electron chi connectivity index (χ3n) is 3.80. The molecule has 2 aliphatic rings. The molecule has 0 bridgehead atoms. The summed E-state index contributed by atoms with van der Waals surface area (Å²) in [7, 11) is 0. The minimum atomic E-state index is 0.166. The number of anilines is 1. The van der Waals surface area contributed by atoms with Crippen LogP contribution >= 0.6 is 35.0 Å². The van der Waals surface area contributed by atoms with Crippen molar-refractivity contribution in [2.75, 3.05) is 11.1 Å². The highest BCUT2D eigenvalue weighted by Gasteiger charge is 2.36. The SMILES string of the molecule is Clc1cccc(Cl)c1NC1=NC2(CCCCC2)CS1. The van der Waals surface area contributed by atoms with Crippen LogP contribution < -0.4 is 5.32 Å². The Morgan fingerprint density at radius 1 is 1.11 bits per heavy atom. The lowest BCUT2D eigenvalue weighted by Gasteiger charge is -2.29. The van der Waals surface area contributed by atoms with Gasteiger partial charge in [-0.3, -0.25) is 4.99 Å². The molecule has 102 valence electrons. The fourth-order valence-corrected chi connectivity index (χ4v) is 4.42. The van der Waals surface area contributed by atoms with Gasteiger partial charge in [-0.25, -0.2) is 0 Å². The molecule has 1 fully saturated rings. The molecule has 1 spiro atoms. The number of amidine groups is 1.